The molecule has 1 N–H and O–H groups in total. The van der Waals surface area contributed by atoms with Gasteiger partial charge in [-0.2, -0.15) is 0 Å². The Labute approximate surface area is 255 Å². The molecule has 3 aromatic rings. The minimum absolute atomic E-state index is 0.165. The first-order chi connectivity index (χ1) is 20.8. The molecule has 0 bridgehead atoms. The number of rotatable bonds is 14. The first kappa shape index (κ1) is 32.1. The van der Waals surface area contributed by atoms with Crippen molar-refractivity contribution in [2.45, 2.75) is 83.3 Å². The Morgan fingerprint density at radius 1 is 0.791 bits per heavy atom. The molecule has 0 spiro atoms. The van der Waals surface area contributed by atoms with Gasteiger partial charge < -0.3 is 24.4 Å². The quantitative estimate of drug-likeness (QED) is 0.241. The fraction of sp³-hybridized carbons (Fsp3) is 0.389. The molecule has 0 aromatic heterocycles. The van der Waals surface area contributed by atoms with Crippen molar-refractivity contribution in [3.05, 3.63) is 120 Å². The first-order valence-electron chi connectivity index (χ1n) is 14.9. The van der Waals surface area contributed by atoms with E-state index >= 15 is 0 Å². The van der Waals surface area contributed by atoms with Gasteiger partial charge in [-0.3, -0.25) is 9.59 Å². The van der Waals surface area contributed by atoms with Gasteiger partial charge in [-0.1, -0.05) is 97.1 Å². The van der Waals surface area contributed by atoms with E-state index in [2.05, 4.69) is 11.9 Å². The number of carbonyl (C=O) groups excluding carboxylic acids is 2. The van der Waals surface area contributed by atoms with Crippen LogP contribution in [0.4, 0.5) is 0 Å². The Balaban J connectivity index is 1.70. The first-order valence-corrected chi connectivity index (χ1v) is 14.9. The number of likely N-dealkylation sites (tertiary alicyclic amines) is 1. The zero-order valence-corrected chi connectivity index (χ0v) is 25.5. The van der Waals surface area contributed by atoms with Crippen molar-refractivity contribution in [1.29, 1.82) is 0 Å². The molecule has 1 heterocycles. The molecule has 0 saturated carbocycles. The standard InChI is InChI=1S/C36H44N2O5/c1-5-6-22-31(39)38-30(26-41-23-27-16-10-7-11-17-27)33(42-24-28-18-12-8-13-19-28)34(32(38)35(40)37-36(2,3)4)43-25-29-20-14-9-15-21-29/h5,7-21,30,32-34H,1,6,22-26H2,2-4H3,(H,37,40)/t30-,32-,33+,34-/m1/s1. The molecule has 1 fully saturated rings. The van der Waals surface area contributed by atoms with Crippen LogP contribution in [0.3, 0.4) is 0 Å². The molecule has 1 aliphatic rings. The zero-order valence-electron chi connectivity index (χ0n) is 25.5. The number of hydrogen-bond donors (Lipinski definition) is 1. The second-order valence-electron chi connectivity index (χ2n) is 11.9. The normalized spacial score (nSPS) is 20.1. The lowest BCUT2D eigenvalue weighted by Gasteiger charge is -2.32. The van der Waals surface area contributed by atoms with Gasteiger partial charge in [0.2, 0.25) is 11.8 Å². The number of nitrogens with one attached hydrogen (secondary N) is 1. The predicted molar refractivity (Wildman–Crippen MR) is 168 cm³/mol. The summed E-state index contributed by atoms with van der Waals surface area (Å²) in [6.07, 6.45) is 1.07. The van der Waals surface area contributed by atoms with Crippen LogP contribution in [0.1, 0.15) is 50.3 Å². The number of nitrogens with zero attached hydrogens (tertiary/aromatic N) is 1. The Bertz CT molecular complexity index is 1290. The molecule has 7 nitrogen and oxygen atoms in total. The highest BCUT2D eigenvalue weighted by molar-refractivity contribution is 5.90. The van der Waals surface area contributed by atoms with Crippen LogP contribution < -0.4 is 5.32 Å². The Kier molecular flexibility index (Phi) is 11.7. The monoisotopic (exact) mass is 584 g/mol. The lowest BCUT2D eigenvalue weighted by atomic mass is 10.0. The van der Waals surface area contributed by atoms with Crippen LogP contribution >= 0.6 is 0 Å². The molecule has 0 aliphatic carbocycles. The fourth-order valence-corrected chi connectivity index (χ4v) is 5.31. The third-order valence-corrected chi connectivity index (χ3v) is 7.26. The number of carbonyl (C=O) groups is 2. The average molecular weight is 585 g/mol. The van der Waals surface area contributed by atoms with Crippen LogP contribution in [0.25, 0.3) is 0 Å². The summed E-state index contributed by atoms with van der Waals surface area (Å²) in [5.74, 6) is -0.447. The molecule has 2 amide bonds. The molecule has 7 heteroatoms. The molecule has 1 saturated heterocycles. The minimum atomic E-state index is -0.911. The largest absolute Gasteiger partial charge is 0.375 e. The summed E-state index contributed by atoms with van der Waals surface area (Å²) in [7, 11) is 0. The molecule has 43 heavy (non-hydrogen) atoms. The fourth-order valence-electron chi connectivity index (χ4n) is 5.31. The van der Waals surface area contributed by atoms with Crippen LogP contribution in [0.15, 0.2) is 104 Å². The SMILES string of the molecule is C=CCCC(=O)N1[C@H](COCc2ccccc2)[C@H](OCc2ccccc2)[C@H](OCc2ccccc2)[C@@H]1C(=O)NC(C)(C)C. The zero-order chi connectivity index (χ0) is 30.7. The average Bonchev–Trinajstić information content (AvgIpc) is 3.31. The van der Waals surface area contributed by atoms with Gasteiger partial charge in [-0.05, 0) is 43.9 Å². The number of amides is 2. The number of ether oxygens (including phenoxy) is 3. The summed E-state index contributed by atoms with van der Waals surface area (Å²) in [6.45, 7) is 10.7. The lowest BCUT2D eigenvalue weighted by molar-refractivity contribution is -0.145. The van der Waals surface area contributed by atoms with E-state index in [9.17, 15) is 9.59 Å². The molecule has 0 radical (unpaired) electrons. The van der Waals surface area contributed by atoms with Gasteiger partial charge >= 0.3 is 0 Å². The second kappa shape index (κ2) is 15.6. The minimum Gasteiger partial charge on any atom is -0.375 e. The topological polar surface area (TPSA) is 77.1 Å². The highest BCUT2D eigenvalue weighted by Gasteiger charge is 2.55. The van der Waals surface area contributed by atoms with Crippen LogP contribution in [0, 0.1) is 0 Å². The van der Waals surface area contributed by atoms with Crippen molar-refractivity contribution < 1.29 is 23.8 Å². The molecule has 4 rings (SSSR count). The maximum atomic E-state index is 14.0. The van der Waals surface area contributed by atoms with E-state index in [0.717, 1.165) is 16.7 Å². The molecule has 1 aliphatic heterocycles. The van der Waals surface area contributed by atoms with Crippen molar-refractivity contribution in [3.8, 4) is 0 Å². The summed E-state index contributed by atoms with van der Waals surface area (Å²) < 4.78 is 19.4. The predicted octanol–water partition coefficient (Wildman–Crippen LogP) is 5.83. The Morgan fingerprint density at radius 3 is 1.77 bits per heavy atom. The lowest BCUT2D eigenvalue weighted by Crippen LogP contribution is -2.56. The van der Waals surface area contributed by atoms with Crippen LogP contribution in [-0.2, 0) is 43.6 Å². The van der Waals surface area contributed by atoms with Crippen LogP contribution in [-0.4, -0.2) is 53.2 Å². The number of benzene rings is 3. The van der Waals surface area contributed by atoms with Gasteiger partial charge in [0.25, 0.3) is 0 Å². The molecular weight excluding hydrogens is 540 g/mol. The van der Waals surface area contributed by atoms with E-state index < -0.39 is 29.8 Å². The summed E-state index contributed by atoms with van der Waals surface area (Å²) in [5, 5.41) is 3.10. The third-order valence-electron chi connectivity index (χ3n) is 7.26. The maximum absolute atomic E-state index is 14.0. The van der Waals surface area contributed by atoms with Gasteiger partial charge in [0, 0.05) is 12.0 Å². The molecule has 0 unspecified atom stereocenters. The van der Waals surface area contributed by atoms with E-state index in [-0.39, 0.29) is 31.4 Å². The molecule has 3 aromatic carbocycles. The van der Waals surface area contributed by atoms with Crippen LogP contribution in [0.5, 0.6) is 0 Å². The van der Waals surface area contributed by atoms with Crippen molar-refractivity contribution >= 4 is 11.8 Å². The van der Waals surface area contributed by atoms with Crippen LogP contribution in [0.2, 0.25) is 0 Å². The van der Waals surface area contributed by atoms with E-state index in [0.29, 0.717) is 19.6 Å². The van der Waals surface area contributed by atoms with E-state index in [1.54, 1.807) is 11.0 Å². The summed E-state index contributed by atoms with van der Waals surface area (Å²) in [4.78, 5) is 29.6. The number of hydrogen-bond acceptors (Lipinski definition) is 5. The van der Waals surface area contributed by atoms with Gasteiger partial charge in [0.05, 0.1) is 32.5 Å². The van der Waals surface area contributed by atoms with E-state index in [4.69, 9.17) is 14.2 Å². The van der Waals surface area contributed by atoms with Crippen molar-refractivity contribution in [2.24, 2.45) is 0 Å². The smallest absolute Gasteiger partial charge is 0.246 e. The molecule has 228 valence electrons. The highest BCUT2D eigenvalue weighted by atomic mass is 16.5. The highest BCUT2D eigenvalue weighted by Crippen LogP contribution is 2.33. The van der Waals surface area contributed by atoms with Gasteiger partial charge in [0.1, 0.15) is 18.2 Å². The Morgan fingerprint density at radius 2 is 1.28 bits per heavy atom. The van der Waals surface area contributed by atoms with E-state index in [1.807, 2.05) is 112 Å². The second-order valence-corrected chi connectivity index (χ2v) is 11.9. The van der Waals surface area contributed by atoms with Gasteiger partial charge in [-0.25, -0.2) is 0 Å². The van der Waals surface area contributed by atoms with Crippen molar-refractivity contribution in [1.82, 2.24) is 10.2 Å². The van der Waals surface area contributed by atoms with Gasteiger partial charge in [0.15, 0.2) is 0 Å². The maximum Gasteiger partial charge on any atom is 0.246 e. The Hall–Kier alpha value is -3.78. The number of allylic oxidation sites excluding steroid dienone is 1. The van der Waals surface area contributed by atoms with Crippen molar-refractivity contribution in [2.75, 3.05) is 6.61 Å². The summed E-state index contributed by atoms with van der Waals surface area (Å²) >= 11 is 0. The van der Waals surface area contributed by atoms with E-state index in [1.165, 1.54) is 0 Å². The summed E-state index contributed by atoms with van der Waals surface area (Å²) in [5.41, 5.74) is 2.46. The van der Waals surface area contributed by atoms with Crippen molar-refractivity contribution in [3.63, 3.8) is 0 Å². The third kappa shape index (κ3) is 9.35. The molecular formula is C36H44N2O5. The van der Waals surface area contributed by atoms with Gasteiger partial charge in [-0.15, -0.1) is 6.58 Å². The molecule has 4 atom stereocenters. The summed E-state index contributed by atoms with van der Waals surface area (Å²) in [6, 6.07) is 28.1.